The van der Waals surface area contributed by atoms with Crippen molar-refractivity contribution in [2.45, 2.75) is 0 Å². The van der Waals surface area contributed by atoms with Gasteiger partial charge in [-0.1, -0.05) is 12.1 Å². The van der Waals surface area contributed by atoms with Crippen LogP contribution in [0.3, 0.4) is 0 Å². The van der Waals surface area contributed by atoms with Gasteiger partial charge in [0.15, 0.2) is 46.5 Å². The molecule has 4 aromatic rings. The highest BCUT2D eigenvalue weighted by Gasteiger charge is 2.36. The Morgan fingerprint density at radius 3 is 1.49 bits per heavy atom. The van der Waals surface area contributed by atoms with Crippen LogP contribution in [0.4, 0.5) is 61.0 Å². The molecule has 0 aliphatic rings. The van der Waals surface area contributed by atoms with Crippen molar-refractivity contribution in [3.63, 3.8) is 0 Å². The maximum absolute atomic E-state index is 14.8. The van der Waals surface area contributed by atoms with Crippen molar-refractivity contribution >= 4 is 40.4 Å². The molecule has 0 saturated heterocycles. The number of aliphatic carboxylic acids is 1. The molecule has 0 aliphatic heterocycles. The zero-order valence-corrected chi connectivity index (χ0v) is 20.3. The highest BCUT2D eigenvalue weighted by atomic mass is 32.1. The lowest BCUT2D eigenvalue weighted by Crippen LogP contribution is -2.21. The van der Waals surface area contributed by atoms with E-state index in [1.54, 1.807) is 0 Å². The average molecular weight is 602 g/mol. The number of carbonyl (C=O) groups is 1. The summed E-state index contributed by atoms with van der Waals surface area (Å²) < 4.78 is 143. The minimum absolute atomic E-state index is 0.252. The van der Waals surface area contributed by atoms with Gasteiger partial charge in [0.25, 0.3) is 0 Å². The van der Waals surface area contributed by atoms with Crippen LogP contribution in [0.2, 0.25) is 0 Å². The Balaban J connectivity index is 1.93. The topological polar surface area (TPSA) is 64.3 Å². The van der Waals surface area contributed by atoms with Crippen molar-refractivity contribution in [2.24, 2.45) is 0 Å². The SMILES string of the molecule is N#C/C(=C\c1ccc(-c2ccc(N(c3c(F)c(F)c(F)c(F)c3F)c3c(F)c(F)c(F)c(F)c3F)cc2)s1)C(=O)O. The number of thiophene rings is 1. The monoisotopic (exact) mass is 602 g/mol. The molecule has 0 atom stereocenters. The Morgan fingerprint density at radius 1 is 0.683 bits per heavy atom. The summed E-state index contributed by atoms with van der Waals surface area (Å²) >= 11 is 0.949. The number of nitriles is 1. The van der Waals surface area contributed by atoms with Crippen LogP contribution in [-0.4, -0.2) is 11.1 Å². The summed E-state index contributed by atoms with van der Waals surface area (Å²) in [7, 11) is 0. The van der Waals surface area contributed by atoms with Gasteiger partial charge in [-0.25, -0.2) is 48.7 Å². The van der Waals surface area contributed by atoms with Crippen LogP contribution in [0.1, 0.15) is 4.88 Å². The predicted molar refractivity (Wildman–Crippen MR) is 125 cm³/mol. The normalized spacial score (nSPS) is 11.5. The molecule has 0 fully saturated rings. The Bertz CT molecular complexity index is 1670. The number of hydrogen-bond acceptors (Lipinski definition) is 4. The summed E-state index contributed by atoms with van der Waals surface area (Å²) in [4.78, 5) is 11.4. The minimum Gasteiger partial charge on any atom is -0.477 e. The van der Waals surface area contributed by atoms with Gasteiger partial charge in [-0.3, -0.25) is 4.90 Å². The molecule has 0 radical (unpaired) electrons. The molecule has 1 aromatic heterocycles. The molecule has 0 amide bonds. The van der Waals surface area contributed by atoms with Gasteiger partial charge in [0, 0.05) is 15.4 Å². The molecule has 15 heteroatoms. The first kappa shape index (κ1) is 29.2. The van der Waals surface area contributed by atoms with E-state index in [2.05, 4.69) is 0 Å². The quantitative estimate of drug-likeness (QED) is 0.0794. The first-order valence-electron chi connectivity index (χ1n) is 10.7. The number of carboxylic acid groups (broad SMARTS) is 1. The van der Waals surface area contributed by atoms with E-state index < -0.39 is 86.8 Å². The van der Waals surface area contributed by atoms with Crippen LogP contribution in [0.5, 0.6) is 0 Å². The Hall–Kier alpha value is -4.84. The fraction of sp³-hybridized carbons (Fsp3) is 0. The average Bonchev–Trinajstić information content (AvgIpc) is 3.43. The summed E-state index contributed by atoms with van der Waals surface area (Å²) in [6, 6.07) is 8.24. The molecule has 4 nitrogen and oxygen atoms in total. The smallest absolute Gasteiger partial charge is 0.346 e. The van der Waals surface area contributed by atoms with Crippen LogP contribution in [0.25, 0.3) is 16.5 Å². The maximum atomic E-state index is 14.8. The lowest BCUT2D eigenvalue weighted by atomic mass is 10.1. The lowest BCUT2D eigenvalue weighted by molar-refractivity contribution is -0.132. The van der Waals surface area contributed by atoms with Crippen molar-refractivity contribution in [1.29, 1.82) is 5.26 Å². The third-order valence-corrected chi connectivity index (χ3v) is 6.58. The van der Waals surface area contributed by atoms with Crippen LogP contribution < -0.4 is 4.90 Å². The first-order valence-corrected chi connectivity index (χ1v) is 11.5. The molecule has 1 N–H and O–H groups in total. The summed E-state index contributed by atoms with van der Waals surface area (Å²) in [6.45, 7) is 0. The molecule has 0 saturated carbocycles. The molecule has 3 aromatic carbocycles. The zero-order chi connectivity index (χ0) is 30.3. The van der Waals surface area contributed by atoms with Gasteiger partial charge in [-0.05, 0) is 35.9 Å². The van der Waals surface area contributed by atoms with Gasteiger partial charge in [0.05, 0.1) is 0 Å². The fourth-order valence-corrected chi connectivity index (χ4v) is 4.55. The highest BCUT2D eigenvalue weighted by molar-refractivity contribution is 7.16. The summed E-state index contributed by atoms with van der Waals surface area (Å²) in [6.07, 6.45) is 1.05. The van der Waals surface area contributed by atoms with Gasteiger partial charge >= 0.3 is 5.97 Å². The highest BCUT2D eigenvalue weighted by Crippen LogP contribution is 2.44. The third-order valence-electron chi connectivity index (χ3n) is 5.49. The molecule has 1 heterocycles. The second-order valence-corrected chi connectivity index (χ2v) is 9.01. The molecule has 0 spiro atoms. The summed E-state index contributed by atoms with van der Waals surface area (Å²) in [5, 5.41) is 17.9. The van der Waals surface area contributed by atoms with Crippen molar-refractivity contribution in [1.82, 2.24) is 0 Å². The summed E-state index contributed by atoms with van der Waals surface area (Å²) in [5.41, 5.74) is -5.18. The molecule has 41 heavy (non-hydrogen) atoms. The molecular weight excluding hydrogens is 594 g/mol. The minimum atomic E-state index is -2.64. The molecule has 4 rings (SSSR count). The number of halogens is 10. The standard InChI is InChI=1S/C26H8F10N2O2S/c27-14-16(29)20(33)24(21(34)17(14)30)38(25-22(35)18(31)15(28)19(32)23(25)36)11-3-1-9(2-4-11)13-6-5-12(41-13)7-10(8-37)26(39)40/h1-7H,(H,39,40)/b10-7+. The van der Waals surface area contributed by atoms with Crippen LogP contribution in [0, 0.1) is 69.5 Å². The van der Waals surface area contributed by atoms with Crippen LogP contribution >= 0.6 is 11.3 Å². The predicted octanol–water partition coefficient (Wildman–Crippen LogP) is 8.27. The molecule has 210 valence electrons. The van der Waals surface area contributed by atoms with Gasteiger partial charge in [-0.2, -0.15) is 5.26 Å². The second kappa shape index (κ2) is 11.0. The van der Waals surface area contributed by atoms with Gasteiger partial charge in [0.2, 0.25) is 11.6 Å². The number of carboxylic acids is 1. The third kappa shape index (κ3) is 4.97. The van der Waals surface area contributed by atoms with E-state index >= 15 is 0 Å². The van der Waals surface area contributed by atoms with E-state index in [-0.39, 0.29) is 10.5 Å². The van der Waals surface area contributed by atoms with Crippen molar-refractivity contribution in [3.05, 3.63) is 105 Å². The number of rotatable bonds is 6. The first-order chi connectivity index (χ1) is 19.3. The zero-order valence-electron chi connectivity index (χ0n) is 19.5. The number of benzene rings is 3. The van der Waals surface area contributed by atoms with Crippen molar-refractivity contribution in [2.75, 3.05) is 4.90 Å². The van der Waals surface area contributed by atoms with Crippen LogP contribution in [-0.2, 0) is 4.79 Å². The van der Waals surface area contributed by atoms with E-state index in [4.69, 9.17) is 10.4 Å². The van der Waals surface area contributed by atoms with Gasteiger partial charge in [-0.15, -0.1) is 11.3 Å². The van der Waals surface area contributed by atoms with Gasteiger partial charge < -0.3 is 5.11 Å². The molecule has 0 bridgehead atoms. The van der Waals surface area contributed by atoms with E-state index in [9.17, 15) is 48.7 Å². The largest absolute Gasteiger partial charge is 0.477 e. The van der Waals surface area contributed by atoms with Gasteiger partial charge in [0.1, 0.15) is 23.0 Å². The van der Waals surface area contributed by atoms with E-state index in [0.29, 0.717) is 9.75 Å². The number of nitrogens with zero attached hydrogens (tertiary/aromatic N) is 2. The molecule has 0 unspecified atom stereocenters. The lowest BCUT2D eigenvalue weighted by Gasteiger charge is -2.27. The van der Waals surface area contributed by atoms with E-state index in [0.717, 1.165) is 41.7 Å². The number of anilines is 3. The summed E-state index contributed by atoms with van der Waals surface area (Å²) in [5.74, 6) is -27.5. The van der Waals surface area contributed by atoms with Crippen molar-refractivity contribution < 1.29 is 53.8 Å². The Labute approximate surface area is 226 Å². The fourth-order valence-electron chi connectivity index (χ4n) is 3.59. The van der Waals surface area contributed by atoms with E-state index in [1.165, 1.54) is 18.2 Å². The molecule has 0 aliphatic carbocycles. The Kier molecular flexibility index (Phi) is 7.80. The Morgan fingerprint density at radius 2 is 1.10 bits per heavy atom. The maximum Gasteiger partial charge on any atom is 0.346 e. The number of hydrogen-bond donors (Lipinski definition) is 1. The second-order valence-electron chi connectivity index (χ2n) is 7.90. The van der Waals surface area contributed by atoms with E-state index in [1.807, 2.05) is 0 Å². The molecular formula is C26H8F10N2O2S. The van der Waals surface area contributed by atoms with Crippen molar-refractivity contribution in [3.8, 4) is 16.5 Å². The van der Waals surface area contributed by atoms with Crippen LogP contribution in [0.15, 0.2) is 42.0 Å².